The quantitative estimate of drug-likeness (QED) is 0.735. The monoisotopic (exact) mass is 383 g/mol. The van der Waals surface area contributed by atoms with E-state index in [1.807, 2.05) is 37.3 Å². The first kappa shape index (κ1) is 20.1. The van der Waals surface area contributed by atoms with Gasteiger partial charge < -0.3 is 15.1 Å². The van der Waals surface area contributed by atoms with Gasteiger partial charge in [-0.25, -0.2) is 0 Å². The van der Waals surface area contributed by atoms with E-state index in [0.29, 0.717) is 18.7 Å². The van der Waals surface area contributed by atoms with E-state index >= 15 is 0 Å². The number of hydrogen-bond donors (Lipinski definition) is 2. The van der Waals surface area contributed by atoms with Crippen molar-refractivity contribution in [3.63, 3.8) is 0 Å². The molecule has 28 heavy (non-hydrogen) atoms. The Labute approximate surface area is 166 Å². The highest BCUT2D eigenvalue weighted by molar-refractivity contribution is 5.95. The second kappa shape index (κ2) is 10.1. The predicted octanol–water partition coefficient (Wildman–Crippen LogP) is 3.05. The number of benzene rings is 1. The van der Waals surface area contributed by atoms with Crippen molar-refractivity contribution in [1.29, 1.82) is 0 Å². The molecule has 1 aliphatic heterocycles. The molecule has 0 aliphatic carbocycles. The summed E-state index contributed by atoms with van der Waals surface area (Å²) in [6.07, 6.45) is 5.54. The average molecular weight is 383 g/mol. The zero-order chi connectivity index (χ0) is 19.8. The highest BCUT2D eigenvalue weighted by Crippen LogP contribution is 2.24. The number of carbonyl (C=O) groups excluding carboxylic acids is 2. The molecule has 1 saturated heterocycles. The zero-order valence-corrected chi connectivity index (χ0v) is 16.4. The van der Waals surface area contributed by atoms with Gasteiger partial charge in [0, 0.05) is 25.1 Å². The Kier molecular flexibility index (Phi) is 7.25. The summed E-state index contributed by atoms with van der Waals surface area (Å²) in [5.41, 5.74) is 1.57. The number of aryl methyl sites for hydroxylation is 1. The van der Waals surface area contributed by atoms with Gasteiger partial charge in [0.25, 0.3) is 5.91 Å². The van der Waals surface area contributed by atoms with Crippen LogP contribution in [0, 0.1) is 6.92 Å². The normalized spacial score (nSPS) is 15.8. The van der Waals surface area contributed by atoms with Gasteiger partial charge in [-0.15, -0.1) is 0 Å². The fraction of sp³-hybridized carbons (Fsp3) is 0.455. The molecule has 2 heterocycles. The lowest BCUT2D eigenvalue weighted by atomic mass is 10.1. The minimum absolute atomic E-state index is 0.0563. The minimum atomic E-state index is -0.146. The molecule has 6 nitrogen and oxygen atoms in total. The molecule has 2 aromatic rings. The first-order chi connectivity index (χ1) is 13.6. The van der Waals surface area contributed by atoms with Gasteiger partial charge in [-0.05, 0) is 56.6 Å². The summed E-state index contributed by atoms with van der Waals surface area (Å²) in [5, 5.41) is 5.82. The smallest absolute Gasteiger partial charge is 0.251 e. The Morgan fingerprint density at radius 1 is 1.07 bits per heavy atom. The van der Waals surface area contributed by atoms with Crippen molar-refractivity contribution in [2.24, 2.45) is 0 Å². The van der Waals surface area contributed by atoms with Crippen molar-refractivity contribution in [2.75, 3.05) is 26.2 Å². The Morgan fingerprint density at radius 2 is 1.86 bits per heavy atom. The van der Waals surface area contributed by atoms with Crippen LogP contribution in [-0.4, -0.2) is 42.9 Å². The van der Waals surface area contributed by atoms with E-state index in [4.69, 9.17) is 4.42 Å². The summed E-state index contributed by atoms with van der Waals surface area (Å²) < 4.78 is 5.60. The molecule has 0 radical (unpaired) electrons. The van der Waals surface area contributed by atoms with Crippen molar-refractivity contribution in [3.8, 4) is 0 Å². The van der Waals surface area contributed by atoms with E-state index in [0.717, 1.165) is 24.4 Å². The number of furan rings is 1. The second-order valence-electron chi connectivity index (χ2n) is 7.25. The number of nitrogens with zero attached hydrogens (tertiary/aromatic N) is 1. The van der Waals surface area contributed by atoms with E-state index in [1.54, 1.807) is 12.3 Å². The highest BCUT2D eigenvalue weighted by atomic mass is 16.3. The summed E-state index contributed by atoms with van der Waals surface area (Å²) in [6, 6.07) is 11.3. The summed E-state index contributed by atoms with van der Waals surface area (Å²) in [4.78, 5) is 26.9. The van der Waals surface area contributed by atoms with Crippen molar-refractivity contribution in [3.05, 3.63) is 59.5 Å². The molecule has 0 bridgehead atoms. The van der Waals surface area contributed by atoms with E-state index in [1.165, 1.54) is 19.3 Å². The van der Waals surface area contributed by atoms with Crippen LogP contribution in [0.4, 0.5) is 0 Å². The predicted molar refractivity (Wildman–Crippen MR) is 108 cm³/mol. The maximum absolute atomic E-state index is 12.3. The lowest BCUT2D eigenvalue weighted by molar-refractivity contribution is -0.121. The minimum Gasteiger partial charge on any atom is -0.468 e. The molecule has 3 rings (SSSR count). The molecule has 1 aromatic carbocycles. The maximum Gasteiger partial charge on any atom is 0.251 e. The maximum atomic E-state index is 12.3. The van der Waals surface area contributed by atoms with Gasteiger partial charge >= 0.3 is 0 Å². The third-order valence-corrected chi connectivity index (χ3v) is 5.22. The van der Waals surface area contributed by atoms with Gasteiger partial charge in [0.2, 0.25) is 5.91 Å². The van der Waals surface area contributed by atoms with E-state index in [-0.39, 0.29) is 24.3 Å². The Morgan fingerprint density at radius 3 is 2.57 bits per heavy atom. The third kappa shape index (κ3) is 5.45. The van der Waals surface area contributed by atoms with Gasteiger partial charge in [0.05, 0.1) is 12.3 Å². The zero-order valence-electron chi connectivity index (χ0n) is 16.4. The van der Waals surface area contributed by atoms with Crippen LogP contribution < -0.4 is 10.6 Å². The molecule has 1 atom stereocenters. The van der Waals surface area contributed by atoms with Gasteiger partial charge in [-0.3, -0.25) is 14.5 Å². The summed E-state index contributed by atoms with van der Waals surface area (Å²) in [6.45, 7) is 4.77. The van der Waals surface area contributed by atoms with Crippen LogP contribution in [0.5, 0.6) is 0 Å². The fourth-order valence-electron chi connectivity index (χ4n) is 3.63. The third-order valence-electron chi connectivity index (χ3n) is 5.22. The van der Waals surface area contributed by atoms with E-state index < -0.39 is 0 Å². The molecule has 1 aliphatic rings. The molecule has 2 N–H and O–H groups in total. The number of nitrogens with one attached hydrogen (secondary N) is 2. The Bertz CT molecular complexity index is 767. The molecule has 1 unspecified atom stereocenters. The molecular formula is C22H29N3O3. The lowest BCUT2D eigenvalue weighted by Gasteiger charge is -2.33. The number of carbonyl (C=O) groups is 2. The summed E-state index contributed by atoms with van der Waals surface area (Å²) >= 11 is 0. The van der Waals surface area contributed by atoms with Crippen LogP contribution in [-0.2, 0) is 4.79 Å². The Balaban J connectivity index is 1.45. The topological polar surface area (TPSA) is 74.6 Å². The summed E-state index contributed by atoms with van der Waals surface area (Å²) in [7, 11) is 0. The van der Waals surface area contributed by atoms with Gasteiger partial charge in [-0.1, -0.05) is 24.6 Å². The molecular weight excluding hydrogens is 354 g/mol. The van der Waals surface area contributed by atoms with Crippen LogP contribution in [0.15, 0.2) is 47.1 Å². The number of piperidine rings is 1. The first-order valence-corrected chi connectivity index (χ1v) is 10.0. The van der Waals surface area contributed by atoms with Crippen molar-refractivity contribution >= 4 is 11.8 Å². The van der Waals surface area contributed by atoms with Crippen molar-refractivity contribution in [1.82, 2.24) is 15.5 Å². The second-order valence-corrected chi connectivity index (χ2v) is 7.25. The standard InChI is InChI=1S/C22H29N3O3/c1-17-8-3-4-9-18(17)22(27)23-12-11-21(26)24-16-19(20-10-7-15-28-20)25-13-5-2-6-14-25/h3-4,7-10,15,19H,2,5-6,11-14,16H2,1H3,(H,23,27)(H,24,26). The van der Waals surface area contributed by atoms with Crippen LogP contribution in [0.3, 0.4) is 0 Å². The largest absolute Gasteiger partial charge is 0.468 e. The van der Waals surface area contributed by atoms with E-state index in [9.17, 15) is 9.59 Å². The van der Waals surface area contributed by atoms with Crippen LogP contribution in [0.1, 0.15) is 53.4 Å². The van der Waals surface area contributed by atoms with Crippen LogP contribution in [0.2, 0.25) is 0 Å². The molecule has 6 heteroatoms. The molecule has 0 saturated carbocycles. The van der Waals surface area contributed by atoms with Crippen molar-refractivity contribution < 1.29 is 14.0 Å². The number of hydrogen-bond acceptors (Lipinski definition) is 4. The summed E-state index contributed by atoms with van der Waals surface area (Å²) in [5.74, 6) is 0.668. The molecule has 2 amide bonds. The molecule has 1 aromatic heterocycles. The molecule has 150 valence electrons. The van der Waals surface area contributed by atoms with Gasteiger partial charge in [0.15, 0.2) is 0 Å². The van der Waals surface area contributed by atoms with E-state index in [2.05, 4.69) is 15.5 Å². The Hall–Kier alpha value is -2.60. The number of likely N-dealkylation sites (tertiary alicyclic amines) is 1. The fourth-order valence-corrected chi connectivity index (χ4v) is 3.63. The van der Waals surface area contributed by atoms with Crippen LogP contribution in [0.25, 0.3) is 0 Å². The SMILES string of the molecule is Cc1ccccc1C(=O)NCCC(=O)NCC(c1ccco1)N1CCCCC1. The number of amides is 2. The van der Waals surface area contributed by atoms with Crippen LogP contribution >= 0.6 is 0 Å². The van der Waals surface area contributed by atoms with Gasteiger partial charge in [-0.2, -0.15) is 0 Å². The number of rotatable bonds is 8. The molecule has 0 spiro atoms. The lowest BCUT2D eigenvalue weighted by Crippen LogP contribution is -2.41. The van der Waals surface area contributed by atoms with Gasteiger partial charge in [0.1, 0.15) is 5.76 Å². The first-order valence-electron chi connectivity index (χ1n) is 10.0. The average Bonchev–Trinajstić information content (AvgIpc) is 3.24. The highest BCUT2D eigenvalue weighted by Gasteiger charge is 2.24. The molecule has 1 fully saturated rings. The van der Waals surface area contributed by atoms with Crippen molar-refractivity contribution in [2.45, 2.75) is 38.6 Å².